The Morgan fingerprint density at radius 3 is 1.70 bits per heavy atom. The normalized spacial score (nSPS) is 11.1. The molecule has 0 saturated carbocycles. The lowest BCUT2D eigenvalue weighted by Crippen LogP contribution is -2.16. The van der Waals surface area contributed by atoms with E-state index in [0.29, 0.717) is 11.3 Å². The number of amides is 1. The lowest BCUT2D eigenvalue weighted by atomic mass is 10.5. The number of rotatable bonds is 4. The average molecular weight is 161 g/mol. The van der Waals surface area contributed by atoms with Crippen LogP contribution in [0.5, 0.6) is 0 Å². The van der Waals surface area contributed by atoms with Gasteiger partial charge in [-0.25, -0.2) is 0 Å². The van der Waals surface area contributed by atoms with E-state index in [1.807, 2.05) is 0 Å². The Balaban J connectivity index is 3.84. The predicted octanol–water partition coefficient (Wildman–Crippen LogP) is 1.95. The first kappa shape index (κ1) is 9.90. The van der Waals surface area contributed by atoms with Crippen molar-refractivity contribution in [1.29, 1.82) is 0 Å². The van der Waals surface area contributed by atoms with Crippen molar-refractivity contribution in [2.75, 3.05) is 0 Å². The van der Waals surface area contributed by atoms with Gasteiger partial charge in [0.1, 0.15) is 0 Å². The third kappa shape index (κ3) is 3.17. The minimum atomic E-state index is -0.297. The molecule has 1 amide bonds. The van der Waals surface area contributed by atoms with Gasteiger partial charge in [-0.1, -0.05) is 27.7 Å². The van der Waals surface area contributed by atoms with Crippen molar-refractivity contribution in [1.82, 2.24) is 5.09 Å². The average Bonchev–Trinajstić information content (AvgIpc) is 1.81. The Morgan fingerprint density at radius 2 is 1.60 bits per heavy atom. The van der Waals surface area contributed by atoms with Crippen molar-refractivity contribution in [3.63, 3.8) is 0 Å². The van der Waals surface area contributed by atoms with E-state index < -0.39 is 0 Å². The van der Waals surface area contributed by atoms with Crippen molar-refractivity contribution in [3.8, 4) is 0 Å². The van der Waals surface area contributed by atoms with Gasteiger partial charge in [0.25, 0.3) is 0 Å². The molecule has 0 rings (SSSR count). The monoisotopic (exact) mass is 161 g/mol. The summed E-state index contributed by atoms with van der Waals surface area (Å²) >= 11 is 0. The van der Waals surface area contributed by atoms with Crippen molar-refractivity contribution in [2.45, 2.75) is 39.0 Å². The lowest BCUT2D eigenvalue weighted by molar-refractivity contribution is -0.108. The van der Waals surface area contributed by atoms with Gasteiger partial charge in [0.2, 0.25) is 6.41 Å². The molecule has 0 atom stereocenters. The molecule has 0 unspecified atom stereocenters. The van der Waals surface area contributed by atoms with Gasteiger partial charge in [-0.15, -0.1) is 0 Å². The number of hydrogen-bond acceptors (Lipinski definition) is 1. The molecule has 0 aliphatic rings. The Bertz CT molecular complexity index is 95.8. The van der Waals surface area contributed by atoms with E-state index in [9.17, 15) is 4.79 Å². The highest BCUT2D eigenvalue weighted by molar-refractivity contribution is 7.57. The van der Waals surface area contributed by atoms with Gasteiger partial charge in [0.05, 0.1) is 0 Å². The minimum Gasteiger partial charge on any atom is -0.337 e. The van der Waals surface area contributed by atoms with Crippen LogP contribution in [-0.4, -0.2) is 17.7 Å². The maximum Gasteiger partial charge on any atom is 0.210 e. The number of carbonyl (C=O) groups excluding carboxylic acids is 1. The third-order valence-corrected chi connectivity index (χ3v) is 3.94. The molecule has 0 heterocycles. The first-order valence-corrected chi connectivity index (χ1v) is 5.05. The molecule has 0 fully saturated rings. The fraction of sp³-hybridized carbons (Fsp3) is 0.857. The van der Waals surface area contributed by atoms with E-state index in [0.717, 1.165) is 6.41 Å². The summed E-state index contributed by atoms with van der Waals surface area (Å²) in [5.41, 5.74) is 1.17. The van der Waals surface area contributed by atoms with Gasteiger partial charge in [0.15, 0.2) is 0 Å². The van der Waals surface area contributed by atoms with E-state index in [1.165, 1.54) is 0 Å². The highest BCUT2D eigenvalue weighted by Crippen LogP contribution is 2.40. The van der Waals surface area contributed by atoms with E-state index in [1.54, 1.807) is 0 Å². The van der Waals surface area contributed by atoms with Crippen LogP contribution in [0.25, 0.3) is 0 Å². The molecule has 10 heavy (non-hydrogen) atoms. The van der Waals surface area contributed by atoms with E-state index in [4.69, 9.17) is 0 Å². The summed E-state index contributed by atoms with van der Waals surface area (Å²) in [4.78, 5) is 10.1. The third-order valence-electron chi connectivity index (χ3n) is 1.31. The number of hydrogen-bond donors (Lipinski definition) is 1. The maximum absolute atomic E-state index is 10.1. The molecule has 0 radical (unpaired) electrons. The zero-order valence-corrected chi connectivity index (χ0v) is 7.98. The second kappa shape index (κ2) is 4.68. The summed E-state index contributed by atoms with van der Waals surface area (Å²) in [6, 6.07) is 0. The standard InChI is InChI=1S/C7H16NOP/c1-6(2)10(7(3)4)8-5-9/h5-7H,1-4H3,(H,8,9). The molecule has 2 nitrogen and oxygen atoms in total. The second-order valence-electron chi connectivity index (χ2n) is 2.84. The van der Waals surface area contributed by atoms with Crippen LogP contribution in [0.1, 0.15) is 27.7 Å². The van der Waals surface area contributed by atoms with Gasteiger partial charge < -0.3 is 5.09 Å². The zero-order chi connectivity index (χ0) is 8.15. The molecule has 0 aliphatic carbocycles. The molecule has 0 saturated heterocycles. The van der Waals surface area contributed by atoms with Crippen LogP contribution in [0.3, 0.4) is 0 Å². The van der Waals surface area contributed by atoms with E-state index >= 15 is 0 Å². The first-order valence-electron chi connectivity index (χ1n) is 3.57. The Morgan fingerprint density at radius 1 is 1.20 bits per heavy atom. The summed E-state index contributed by atoms with van der Waals surface area (Å²) < 4.78 is 0. The van der Waals surface area contributed by atoms with Gasteiger partial charge in [-0.2, -0.15) is 0 Å². The number of carbonyl (C=O) groups is 1. The van der Waals surface area contributed by atoms with Gasteiger partial charge in [-0.3, -0.25) is 4.79 Å². The maximum atomic E-state index is 10.1. The van der Waals surface area contributed by atoms with Crippen molar-refractivity contribution in [3.05, 3.63) is 0 Å². The fourth-order valence-electron chi connectivity index (χ4n) is 0.955. The summed E-state index contributed by atoms with van der Waals surface area (Å²) in [6.07, 6.45) is 0.811. The SMILES string of the molecule is CC(C)P(NC=O)C(C)C. The molecular formula is C7H16NOP. The van der Waals surface area contributed by atoms with Crippen LogP contribution < -0.4 is 5.09 Å². The quantitative estimate of drug-likeness (QED) is 0.495. The largest absolute Gasteiger partial charge is 0.337 e. The minimum absolute atomic E-state index is 0.297. The summed E-state index contributed by atoms with van der Waals surface area (Å²) in [7, 11) is -0.297. The molecule has 0 bridgehead atoms. The Kier molecular flexibility index (Phi) is 4.63. The van der Waals surface area contributed by atoms with Gasteiger partial charge in [-0.05, 0) is 19.4 Å². The number of nitrogens with one attached hydrogen (secondary N) is 1. The molecule has 60 valence electrons. The van der Waals surface area contributed by atoms with Crippen LogP contribution in [-0.2, 0) is 4.79 Å². The van der Waals surface area contributed by atoms with Crippen LogP contribution in [0.4, 0.5) is 0 Å². The molecule has 3 heteroatoms. The van der Waals surface area contributed by atoms with Crippen molar-refractivity contribution < 1.29 is 4.79 Å². The fourth-order valence-corrected chi connectivity index (χ4v) is 2.87. The molecule has 0 aromatic rings. The van der Waals surface area contributed by atoms with E-state index in [-0.39, 0.29) is 8.07 Å². The van der Waals surface area contributed by atoms with Gasteiger partial charge >= 0.3 is 0 Å². The van der Waals surface area contributed by atoms with Crippen LogP contribution in [0.15, 0.2) is 0 Å². The summed E-state index contributed by atoms with van der Waals surface area (Å²) in [6.45, 7) is 8.56. The molecule has 1 N–H and O–H groups in total. The predicted molar refractivity (Wildman–Crippen MR) is 46.4 cm³/mol. The molecule has 0 aromatic heterocycles. The Hall–Kier alpha value is -0.100. The highest BCUT2D eigenvalue weighted by atomic mass is 31.1. The van der Waals surface area contributed by atoms with E-state index in [2.05, 4.69) is 32.8 Å². The lowest BCUT2D eigenvalue weighted by Gasteiger charge is -2.23. The van der Waals surface area contributed by atoms with Crippen molar-refractivity contribution in [2.24, 2.45) is 0 Å². The first-order chi connectivity index (χ1) is 4.59. The van der Waals surface area contributed by atoms with Crippen LogP contribution >= 0.6 is 8.07 Å². The highest BCUT2D eigenvalue weighted by Gasteiger charge is 2.14. The zero-order valence-electron chi connectivity index (χ0n) is 7.09. The topological polar surface area (TPSA) is 29.1 Å². The van der Waals surface area contributed by atoms with Crippen LogP contribution in [0.2, 0.25) is 0 Å². The Labute approximate surface area is 64.2 Å². The molecule has 0 aromatic carbocycles. The summed E-state index contributed by atoms with van der Waals surface area (Å²) in [5.74, 6) is 0. The second-order valence-corrected chi connectivity index (χ2v) is 5.98. The molecular weight excluding hydrogens is 145 g/mol. The smallest absolute Gasteiger partial charge is 0.210 e. The summed E-state index contributed by atoms with van der Waals surface area (Å²) in [5, 5.41) is 2.87. The molecule has 0 spiro atoms. The van der Waals surface area contributed by atoms with Crippen molar-refractivity contribution >= 4 is 14.5 Å². The van der Waals surface area contributed by atoms with Gasteiger partial charge in [0, 0.05) is 0 Å². The van der Waals surface area contributed by atoms with Crippen LogP contribution in [0, 0.1) is 0 Å². The molecule has 0 aliphatic heterocycles.